The Morgan fingerprint density at radius 3 is 2.65 bits per heavy atom. The van der Waals surface area contributed by atoms with Gasteiger partial charge in [0.1, 0.15) is 6.04 Å². The number of nitrogens with zero attached hydrogens (tertiary/aromatic N) is 2. The second-order valence-corrected chi connectivity index (χ2v) is 5.61. The van der Waals surface area contributed by atoms with Crippen LogP contribution in [0.25, 0.3) is 5.69 Å². The maximum atomic E-state index is 6.17. The second kappa shape index (κ2) is 5.76. The molecule has 0 bridgehead atoms. The lowest BCUT2D eigenvalue weighted by molar-refractivity contribution is 0.621. The van der Waals surface area contributed by atoms with Crippen LogP contribution in [-0.2, 0) is 0 Å². The van der Waals surface area contributed by atoms with E-state index in [4.69, 9.17) is 17.4 Å². The van der Waals surface area contributed by atoms with E-state index in [0.29, 0.717) is 5.02 Å². The monoisotopic (exact) mass is 304 g/mol. The first-order valence-corrected chi connectivity index (χ1v) is 7.35. The molecule has 102 valence electrons. The van der Waals surface area contributed by atoms with E-state index in [1.807, 2.05) is 58.7 Å². The zero-order valence-electron chi connectivity index (χ0n) is 10.5. The van der Waals surface area contributed by atoms with E-state index in [1.54, 1.807) is 11.3 Å². The molecule has 0 fully saturated rings. The molecule has 0 aliphatic carbocycles. The Hall–Kier alpha value is -1.66. The summed E-state index contributed by atoms with van der Waals surface area (Å²) in [7, 11) is 0. The third-order valence-corrected chi connectivity index (χ3v) is 4.42. The standard InChI is InChI=1S/C14H13ClN4S/c15-11-7-9-20-14(11)13(17-16)12-6-8-19(18-12)10-4-2-1-3-5-10/h1-9,13,17H,16H2. The van der Waals surface area contributed by atoms with Gasteiger partial charge in [-0.2, -0.15) is 5.10 Å². The van der Waals surface area contributed by atoms with Gasteiger partial charge < -0.3 is 0 Å². The second-order valence-electron chi connectivity index (χ2n) is 4.25. The predicted molar refractivity (Wildman–Crippen MR) is 82.1 cm³/mol. The lowest BCUT2D eigenvalue weighted by Gasteiger charge is -2.12. The molecule has 1 atom stereocenters. The fourth-order valence-electron chi connectivity index (χ4n) is 2.02. The highest BCUT2D eigenvalue weighted by Gasteiger charge is 2.19. The molecule has 0 saturated carbocycles. The quantitative estimate of drug-likeness (QED) is 0.575. The lowest BCUT2D eigenvalue weighted by Crippen LogP contribution is -2.28. The first-order valence-electron chi connectivity index (χ1n) is 6.09. The number of halogens is 1. The molecule has 1 aromatic carbocycles. The molecule has 0 radical (unpaired) electrons. The molecule has 0 saturated heterocycles. The van der Waals surface area contributed by atoms with E-state index in [9.17, 15) is 0 Å². The number of hydrazine groups is 1. The lowest BCUT2D eigenvalue weighted by atomic mass is 10.2. The molecule has 3 aromatic rings. The van der Waals surface area contributed by atoms with Crippen LogP contribution in [-0.4, -0.2) is 9.78 Å². The number of nitrogens with one attached hydrogen (secondary N) is 1. The summed E-state index contributed by atoms with van der Waals surface area (Å²) in [6, 6.07) is 13.5. The summed E-state index contributed by atoms with van der Waals surface area (Å²) < 4.78 is 1.82. The molecule has 0 amide bonds. The van der Waals surface area contributed by atoms with Gasteiger partial charge in [0.15, 0.2) is 0 Å². The van der Waals surface area contributed by atoms with Gasteiger partial charge in [-0.15, -0.1) is 11.3 Å². The molecule has 2 heterocycles. The third-order valence-electron chi connectivity index (χ3n) is 3.00. The Kier molecular flexibility index (Phi) is 3.84. The number of rotatable bonds is 4. The van der Waals surface area contributed by atoms with Crippen molar-refractivity contribution in [2.24, 2.45) is 5.84 Å². The Balaban J connectivity index is 1.95. The van der Waals surface area contributed by atoms with Crippen molar-refractivity contribution >= 4 is 22.9 Å². The maximum Gasteiger partial charge on any atom is 0.101 e. The zero-order chi connectivity index (χ0) is 13.9. The molecule has 3 N–H and O–H groups in total. The summed E-state index contributed by atoms with van der Waals surface area (Å²) in [5.41, 5.74) is 4.62. The number of nitrogens with two attached hydrogens (primary N) is 1. The Labute approximate surface area is 125 Å². The average Bonchev–Trinajstić information content (AvgIpc) is 3.12. The first-order chi connectivity index (χ1) is 9.79. The van der Waals surface area contributed by atoms with Crippen LogP contribution in [0, 0.1) is 0 Å². The Morgan fingerprint density at radius 2 is 2.00 bits per heavy atom. The van der Waals surface area contributed by atoms with Gasteiger partial charge in [0.2, 0.25) is 0 Å². The summed E-state index contributed by atoms with van der Waals surface area (Å²) >= 11 is 7.73. The number of aromatic nitrogens is 2. The highest BCUT2D eigenvalue weighted by Crippen LogP contribution is 2.31. The van der Waals surface area contributed by atoms with Crippen molar-refractivity contribution < 1.29 is 0 Å². The molecule has 0 aliphatic rings. The highest BCUT2D eigenvalue weighted by atomic mass is 35.5. The summed E-state index contributed by atoms with van der Waals surface area (Å²) in [6.45, 7) is 0. The van der Waals surface area contributed by atoms with Crippen molar-refractivity contribution in [2.75, 3.05) is 0 Å². The van der Waals surface area contributed by atoms with Gasteiger partial charge in [-0.1, -0.05) is 29.8 Å². The van der Waals surface area contributed by atoms with Crippen molar-refractivity contribution in [1.82, 2.24) is 15.2 Å². The molecular weight excluding hydrogens is 292 g/mol. The van der Waals surface area contributed by atoms with Gasteiger partial charge in [-0.05, 0) is 29.6 Å². The van der Waals surface area contributed by atoms with Crippen LogP contribution < -0.4 is 11.3 Å². The fraction of sp³-hybridized carbons (Fsp3) is 0.0714. The maximum absolute atomic E-state index is 6.17. The number of thiophene rings is 1. The molecule has 20 heavy (non-hydrogen) atoms. The van der Waals surface area contributed by atoms with E-state index in [-0.39, 0.29) is 6.04 Å². The number of hydrogen-bond acceptors (Lipinski definition) is 4. The topological polar surface area (TPSA) is 55.9 Å². The van der Waals surface area contributed by atoms with Crippen LogP contribution in [0.15, 0.2) is 54.0 Å². The Bertz CT molecular complexity index is 692. The molecule has 4 nitrogen and oxygen atoms in total. The van der Waals surface area contributed by atoms with E-state index in [0.717, 1.165) is 16.3 Å². The van der Waals surface area contributed by atoms with Crippen LogP contribution in [0.5, 0.6) is 0 Å². The zero-order valence-corrected chi connectivity index (χ0v) is 12.1. The molecule has 6 heteroatoms. The van der Waals surface area contributed by atoms with E-state index in [2.05, 4.69) is 10.5 Å². The minimum atomic E-state index is -0.201. The van der Waals surface area contributed by atoms with E-state index >= 15 is 0 Å². The largest absolute Gasteiger partial charge is 0.270 e. The molecule has 0 aliphatic heterocycles. The van der Waals surface area contributed by atoms with Crippen LogP contribution in [0.4, 0.5) is 0 Å². The van der Waals surface area contributed by atoms with Crippen LogP contribution >= 0.6 is 22.9 Å². The van der Waals surface area contributed by atoms with Gasteiger partial charge in [0, 0.05) is 11.1 Å². The van der Waals surface area contributed by atoms with Crippen molar-refractivity contribution in [3.63, 3.8) is 0 Å². The van der Waals surface area contributed by atoms with Crippen LogP contribution in [0.3, 0.4) is 0 Å². The van der Waals surface area contributed by atoms with Crippen molar-refractivity contribution in [3.8, 4) is 5.69 Å². The van der Waals surface area contributed by atoms with Crippen molar-refractivity contribution in [1.29, 1.82) is 0 Å². The molecular formula is C14H13ClN4S. The SMILES string of the molecule is NNC(c1ccn(-c2ccccc2)n1)c1sccc1Cl. The van der Waals surface area contributed by atoms with Gasteiger partial charge >= 0.3 is 0 Å². The number of hydrogen-bond donors (Lipinski definition) is 2. The minimum Gasteiger partial charge on any atom is -0.270 e. The van der Waals surface area contributed by atoms with Gasteiger partial charge in [-0.25, -0.2) is 10.1 Å². The normalized spacial score (nSPS) is 12.5. The number of benzene rings is 1. The first kappa shape index (κ1) is 13.3. The van der Waals surface area contributed by atoms with Crippen LogP contribution in [0.2, 0.25) is 5.02 Å². The average molecular weight is 305 g/mol. The number of para-hydroxylation sites is 1. The third kappa shape index (κ3) is 2.48. The van der Waals surface area contributed by atoms with Gasteiger partial charge in [0.25, 0.3) is 0 Å². The highest BCUT2D eigenvalue weighted by molar-refractivity contribution is 7.10. The van der Waals surface area contributed by atoms with Crippen LogP contribution in [0.1, 0.15) is 16.6 Å². The molecule has 2 aromatic heterocycles. The van der Waals surface area contributed by atoms with Crippen molar-refractivity contribution in [3.05, 3.63) is 69.6 Å². The van der Waals surface area contributed by atoms with Gasteiger partial charge in [0.05, 0.1) is 16.4 Å². The Morgan fingerprint density at radius 1 is 1.20 bits per heavy atom. The predicted octanol–water partition coefficient (Wildman–Crippen LogP) is 3.14. The van der Waals surface area contributed by atoms with Gasteiger partial charge in [-0.3, -0.25) is 5.84 Å². The fourth-order valence-corrected chi connectivity index (χ4v) is 3.26. The minimum absolute atomic E-state index is 0.201. The summed E-state index contributed by atoms with van der Waals surface area (Å²) in [5.74, 6) is 5.66. The summed E-state index contributed by atoms with van der Waals surface area (Å²) in [6.07, 6.45) is 1.91. The van der Waals surface area contributed by atoms with E-state index in [1.165, 1.54) is 0 Å². The smallest absolute Gasteiger partial charge is 0.101 e. The van der Waals surface area contributed by atoms with Crippen molar-refractivity contribution in [2.45, 2.75) is 6.04 Å². The molecule has 0 spiro atoms. The molecule has 3 rings (SSSR count). The molecule has 1 unspecified atom stereocenters. The van der Waals surface area contributed by atoms with E-state index < -0.39 is 0 Å². The summed E-state index contributed by atoms with van der Waals surface area (Å²) in [4.78, 5) is 0.965. The summed E-state index contributed by atoms with van der Waals surface area (Å²) in [5, 5.41) is 7.21.